The third kappa shape index (κ3) is 3.87. The average Bonchev–Trinajstić information content (AvgIpc) is 2.24. The molecule has 1 aromatic rings. The molecule has 86 valence electrons. The molecule has 1 aromatic heterocycles. The van der Waals surface area contributed by atoms with Gasteiger partial charge in [-0.2, -0.15) is 0 Å². The highest BCUT2D eigenvalue weighted by atomic mass is 16.5. The highest BCUT2D eigenvalue weighted by molar-refractivity contribution is 5.14. The van der Waals surface area contributed by atoms with Gasteiger partial charge in [-0.15, -0.1) is 0 Å². The first-order valence-electron chi connectivity index (χ1n) is 5.06. The summed E-state index contributed by atoms with van der Waals surface area (Å²) in [5, 5.41) is 8.43. The van der Waals surface area contributed by atoms with Gasteiger partial charge in [-0.05, 0) is 0 Å². The average molecular weight is 220 g/mol. The minimum Gasteiger partial charge on any atom is -0.463 e. The van der Waals surface area contributed by atoms with E-state index in [1.165, 1.54) is 0 Å². The molecule has 0 aromatic carbocycles. The van der Waals surface area contributed by atoms with Crippen LogP contribution in [0.15, 0.2) is 12.4 Å². The van der Waals surface area contributed by atoms with E-state index in [1.54, 1.807) is 12.4 Å². The molecule has 0 saturated heterocycles. The molecule has 0 saturated carbocycles. The number of aliphatic hydroxyl groups is 1. The molecule has 0 atom stereocenters. The lowest BCUT2D eigenvalue weighted by Crippen LogP contribution is -2.14. The van der Waals surface area contributed by atoms with Gasteiger partial charge in [-0.1, -0.05) is 32.6 Å². The Hall–Kier alpha value is -1.60. The van der Waals surface area contributed by atoms with Crippen LogP contribution in [-0.2, 0) is 5.41 Å². The second kappa shape index (κ2) is 5.47. The van der Waals surface area contributed by atoms with Crippen LogP contribution in [0.25, 0.3) is 0 Å². The molecular formula is C12H16N2O2. The Kier molecular flexibility index (Phi) is 4.27. The fourth-order valence-corrected chi connectivity index (χ4v) is 0.995. The molecule has 0 aliphatic heterocycles. The molecule has 1 N–H and O–H groups in total. The number of hydrogen-bond donors (Lipinski definition) is 1. The summed E-state index contributed by atoms with van der Waals surface area (Å²) in [6.45, 7) is 6.28. The highest BCUT2D eigenvalue weighted by Crippen LogP contribution is 2.19. The fourth-order valence-electron chi connectivity index (χ4n) is 0.995. The van der Waals surface area contributed by atoms with Gasteiger partial charge in [-0.3, -0.25) is 4.98 Å². The van der Waals surface area contributed by atoms with Gasteiger partial charge >= 0.3 is 0 Å². The molecule has 0 aliphatic rings. The molecule has 0 unspecified atom stereocenters. The molecule has 0 bridgehead atoms. The molecule has 16 heavy (non-hydrogen) atoms. The maximum Gasteiger partial charge on any atom is 0.233 e. The maximum absolute atomic E-state index is 8.43. The number of ether oxygens (including phenoxy) is 1. The van der Waals surface area contributed by atoms with Crippen molar-refractivity contribution in [2.45, 2.75) is 26.2 Å². The largest absolute Gasteiger partial charge is 0.463 e. The smallest absolute Gasteiger partial charge is 0.233 e. The summed E-state index contributed by atoms with van der Waals surface area (Å²) in [6, 6.07) is 0. The van der Waals surface area contributed by atoms with Gasteiger partial charge in [0.1, 0.15) is 6.61 Å². The van der Waals surface area contributed by atoms with Crippen LogP contribution in [0.5, 0.6) is 5.88 Å². The second-order valence-electron chi connectivity index (χ2n) is 4.29. The first-order valence-corrected chi connectivity index (χ1v) is 5.06. The number of aliphatic hydroxyl groups excluding tert-OH is 1. The zero-order valence-electron chi connectivity index (χ0n) is 9.82. The zero-order chi connectivity index (χ0) is 12.0. The topological polar surface area (TPSA) is 55.2 Å². The summed E-state index contributed by atoms with van der Waals surface area (Å²) in [5.41, 5.74) is 0.906. The van der Waals surface area contributed by atoms with Gasteiger partial charge in [-0.25, -0.2) is 4.98 Å². The summed E-state index contributed by atoms with van der Waals surface area (Å²) >= 11 is 0. The van der Waals surface area contributed by atoms with Crippen molar-refractivity contribution in [3.05, 3.63) is 18.1 Å². The predicted octanol–water partition coefficient (Wildman–Crippen LogP) is 1.15. The quantitative estimate of drug-likeness (QED) is 0.760. The lowest BCUT2D eigenvalue weighted by atomic mass is 9.93. The molecule has 0 aliphatic carbocycles. The summed E-state index contributed by atoms with van der Waals surface area (Å²) in [4.78, 5) is 8.39. The van der Waals surface area contributed by atoms with Crippen LogP contribution in [0.2, 0.25) is 0 Å². The van der Waals surface area contributed by atoms with Crippen molar-refractivity contribution < 1.29 is 9.84 Å². The SMILES string of the molecule is CC(C)(C)c1cnc(OCC#CCO)cn1. The first-order chi connectivity index (χ1) is 7.54. The van der Waals surface area contributed by atoms with E-state index in [0.29, 0.717) is 5.88 Å². The third-order valence-corrected chi connectivity index (χ3v) is 1.89. The normalized spacial score (nSPS) is 10.5. The van der Waals surface area contributed by atoms with Crippen molar-refractivity contribution in [1.82, 2.24) is 9.97 Å². The number of nitrogens with zero attached hydrogens (tertiary/aromatic N) is 2. The van der Waals surface area contributed by atoms with E-state index < -0.39 is 0 Å². The van der Waals surface area contributed by atoms with Crippen LogP contribution < -0.4 is 4.74 Å². The third-order valence-electron chi connectivity index (χ3n) is 1.89. The Bertz CT molecular complexity index is 382. The van der Waals surface area contributed by atoms with Gasteiger partial charge < -0.3 is 9.84 Å². The van der Waals surface area contributed by atoms with Crippen LogP contribution in [0.4, 0.5) is 0 Å². The predicted molar refractivity (Wildman–Crippen MR) is 61.1 cm³/mol. The van der Waals surface area contributed by atoms with E-state index >= 15 is 0 Å². The summed E-state index contributed by atoms with van der Waals surface area (Å²) < 4.78 is 5.22. The molecule has 0 amide bonds. The summed E-state index contributed by atoms with van der Waals surface area (Å²) in [7, 11) is 0. The van der Waals surface area contributed by atoms with E-state index in [-0.39, 0.29) is 18.6 Å². The van der Waals surface area contributed by atoms with Crippen LogP contribution in [-0.4, -0.2) is 28.3 Å². The van der Waals surface area contributed by atoms with E-state index in [9.17, 15) is 0 Å². The maximum atomic E-state index is 8.43. The van der Waals surface area contributed by atoms with Crippen molar-refractivity contribution in [2.75, 3.05) is 13.2 Å². The van der Waals surface area contributed by atoms with Crippen molar-refractivity contribution in [3.63, 3.8) is 0 Å². The molecule has 1 heterocycles. The van der Waals surface area contributed by atoms with Crippen molar-refractivity contribution in [1.29, 1.82) is 0 Å². The standard InChI is InChI=1S/C12H16N2O2/c1-12(2,3)10-8-14-11(9-13-10)16-7-5-4-6-15/h8-9,15H,6-7H2,1-3H3. The van der Waals surface area contributed by atoms with Gasteiger partial charge in [0, 0.05) is 5.41 Å². The molecular weight excluding hydrogens is 204 g/mol. The Labute approximate surface area is 95.7 Å². The number of rotatable bonds is 2. The van der Waals surface area contributed by atoms with Crippen LogP contribution >= 0.6 is 0 Å². The van der Waals surface area contributed by atoms with Gasteiger partial charge in [0.05, 0.1) is 18.1 Å². The second-order valence-corrected chi connectivity index (χ2v) is 4.29. The van der Waals surface area contributed by atoms with Crippen LogP contribution in [0.3, 0.4) is 0 Å². The van der Waals surface area contributed by atoms with E-state index in [0.717, 1.165) is 5.69 Å². The van der Waals surface area contributed by atoms with E-state index in [1.807, 2.05) is 0 Å². The van der Waals surface area contributed by atoms with E-state index in [4.69, 9.17) is 9.84 Å². The minimum atomic E-state index is -0.155. The van der Waals surface area contributed by atoms with Gasteiger partial charge in [0.15, 0.2) is 6.61 Å². The molecule has 0 spiro atoms. The molecule has 4 nitrogen and oxygen atoms in total. The molecule has 0 fully saturated rings. The number of hydrogen-bond acceptors (Lipinski definition) is 4. The zero-order valence-corrected chi connectivity index (χ0v) is 9.82. The number of aromatic nitrogens is 2. The minimum absolute atomic E-state index is 0.0117. The Morgan fingerprint density at radius 1 is 1.25 bits per heavy atom. The molecule has 0 radical (unpaired) electrons. The first kappa shape index (κ1) is 12.5. The van der Waals surface area contributed by atoms with E-state index in [2.05, 4.69) is 42.6 Å². The van der Waals surface area contributed by atoms with Crippen LogP contribution in [0.1, 0.15) is 26.5 Å². The van der Waals surface area contributed by atoms with Crippen LogP contribution in [0, 0.1) is 11.8 Å². The summed E-state index contributed by atoms with van der Waals surface area (Å²) in [6.07, 6.45) is 3.29. The Morgan fingerprint density at radius 3 is 2.50 bits per heavy atom. The lowest BCUT2D eigenvalue weighted by molar-refractivity contribution is 0.343. The highest BCUT2D eigenvalue weighted by Gasteiger charge is 2.15. The fraction of sp³-hybridized carbons (Fsp3) is 0.500. The van der Waals surface area contributed by atoms with Crippen molar-refractivity contribution in [2.24, 2.45) is 0 Å². The molecule has 4 heteroatoms. The summed E-state index contributed by atoms with van der Waals surface area (Å²) in [5.74, 6) is 5.57. The Morgan fingerprint density at radius 2 is 2.00 bits per heavy atom. The van der Waals surface area contributed by atoms with Crippen molar-refractivity contribution >= 4 is 0 Å². The lowest BCUT2D eigenvalue weighted by Gasteiger charge is -2.16. The van der Waals surface area contributed by atoms with Gasteiger partial charge in [0.2, 0.25) is 5.88 Å². The van der Waals surface area contributed by atoms with Crippen molar-refractivity contribution in [3.8, 4) is 17.7 Å². The van der Waals surface area contributed by atoms with Gasteiger partial charge in [0.25, 0.3) is 0 Å². The molecule has 1 rings (SSSR count). The monoisotopic (exact) mass is 220 g/mol. The Balaban J connectivity index is 2.58.